The standard InChI is InChI=1S/C16H21NO4/c18-15(10-21-11-16(19)20)17-14-8-6-13(7-9-14)12-4-2-1-3-5-12/h1-5,13-14H,6-11H2,(H,17,18)(H,19,20). The zero-order valence-electron chi connectivity index (χ0n) is 12.0. The van der Waals surface area contributed by atoms with Crippen LogP contribution in [0.1, 0.15) is 37.2 Å². The molecule has 1 saturated carbocycles. The Morgan fingerprint density at radius 3 is 2.38 bits per heavy atom. The highest BCUT2D eigenvalue weighted by atomic mass is 16.5. The lowest BCUT2D eigenvalue weighted by atomic mass is 9.82. The quantitative estimate of drug-likeness (QED) is 0.839. The van der Waals surface area contributed by atoms with Crippen LogP contribution in [0.2, 0.25) is 0 Å². The van der Waals surface area contributed by atoms with Gasteiger partial charge in [0.15, 0.2) is 0 Å². The number of carbonyl (C=O) groups excluding carboxylic acids is 1. The molecule has 5 nitrogen and oxygen atoms in total. The fourth-order valence-corrected chi connectivity index (χ4v) is 2.80. The van der Waals surface area contributed by atoms with Gasteiger partial charge in [0, 0.05) is 6.04 Å². The first-order valence-corrected chi connectivity index (χ1v) is 7.29. The number of carboxylic acids is 1. The van der Waals surface area contributed by atoms with Crippen LogP contribution in [0.4, 0.5) is 0 Å². The molecule has 0 bridgehead atoms. The number of hydrogen-bond donors (Lipinski definition) is 2. The van der Waals surface area contributed by atoms with Gasteiger partial charge in [-0.1, -0.05) is 30.3 Å². The molecule has 0 aliphatic heterocycles. The first-order chi connectivity index (χ1) is 10.1. The molecular weight excluding hydrogens is 270 g/mol. The van der Waals surface area contributed by atoms with Crippen molar-refractivity contribution < 1.29 is 19.4 Å². The van der Waals surface area contributed by atoms with E-state index in [1.807, 2.05) is 6.07 Å². The second kappa shape index (κ2) is 7.78. The van der Waals surface area contributed by atoms with E-state index in [-0.39, 0.29) is 18.6 Å². The van der Waals surface area contributed by atoms with Crippen molar-refractivity contribution in [2.45, 2.75) is 37.6 Å². The smallest absolute Gasteiger partial charge is 0.329 e. The predicted octanol–water partition coefficient (Wildman–Crippen LogP) is 1.93. The largest absolute Gasteiger partial charge is 0.480 e. The second-order valence-corrected chi connectivity index (χ2v) is 5.41. The maximum absolute atomic E-state index is 11.6. The number of benzene rings is 1. The maximum atomic E-state index is 11.6. The molecule has 114 valence electrons. The molecule has 0 atom stereocenters. The number of aliphatic carboxylic acids is 1. The molecule has 21 heavy (non-hydrogen) atoms. The lowest BCUT2D eigenvalue weighted by Gasteiger charge is -2.29. The molecule has 0 radical (unpaired) electrons. The molecule has 2 rings (SSSR count). The number of amides is 1. The molecule has 1 aliphatic rings. The number of ether oxygens (including phenoxy) is 1. The zero-order chi connectivity index (χ0) is 15.1. The molecule has 0 aromatic heterocycles. The molecule has 0 unspecified atom stereocenters. The highest BCUT2D eigenvalue weighted by Crippen LogP contribution is 2.32. The third-order valence-electron chi connectivity index (χ3n) is 3.82. The number of nitrogens with one attached hydrogen (secondary N) is 1. The molecule has 5 heteroatoms. The molecule has 1 aromatic carbocycles. The first kappa shape index (κ1) is 15.5. The van der Waals surface area contributed by atoms with E-state index >= 15 is 0 Å². The van der Waals surface area contributed by atoms with E-state index in [1.165, 1.54) is 5.56 Å². The van der Waals surface area contributed by atoms with Gasteiger partial charge in [0.05, 0.1) is 0 Å². The van der Waals surface area contributed by atoms with Gasteiger partial charge in [-0.05, 0) is 37.2 Å². The van der Waals surface area contributed by atoms with Gasteiger partial charge >= 0.3 is 5.97 Å². The topological polar surface area (TPSA) is 75.6 Å². The molecule has 1 amide bonds. The minimum absolute atomic E-state index is 0.172. The summed E-state index contributed by atoms with van der Waals surface area (Å²) in [7, 11) is 0. The van der Waals surface area contributed by atoms with Crippen molar-refractivity contribution in [3.8, 4) is 0 Å². The molecule has 0 heterocycles. The van der Waals surface area contributed by atoms with Crippen LogP contribution < -0.4 is 5.32 Å². The Kier molecular flexibility index (Phi) is 5.75. The summed E-state index contributed by atoms with van der Waals surface area (Å²) >= 11 is 0. The van der Waals surface area contributed by atoms with Crippen LogP contribution in [0.15, 0.2) is 30.3 Å². The minimum atomic E-state index is -1.06. The van der Waals surface area contributed by atoms with E-state index in [4.69, 9.17) is 9.84 Å². The average Bonchev–Trinajstić information content (AvgIpc) is 2.48. The Bertz CT molecular complexity index is 466. The lowest BCUT2D eigenvalue weighted by molar-refractivity contribution is -0.143. The molecular formula is C16H21NO4. The fraction of sp³-hybridized carbons (Fsp3) is 0.500. The third-order valence-corrected chi connectivity index (χ3v) is 3.82. The highest BCUT2D eigenvalue weighted by Gasteiger charge is 2.23. The molecule has 1 fully saturated rings. The lowest BCUT2D eigenvalue weighted by Crippen LogP contribution is -2.39. The summed E-state index contributed by atoms with van der Waals surface area (Å²) in [5.41, 5.74) is 1.37. The van der Waals surface area contributed by atoms with Crippen molar-refractivity contribution in [2.24, 2.45) is 0 Å². The summed E-state index contributed by atoms with van der Waals surface area (Å²) < 4.78 is 4.78. The Morgan fingerprint density at radius 1 is 1.10 bits per heavy atom. The first-order valence-electron chi connectivity index (χ1n) is 7.29. The summed E-state index contributed by atoms with van der Waals surface area (Å²) in [5.74, 6) is -0.729. The van der Waals surface area contributed by atoms with Crippen molar-refractivity contribution in [1.82, 2.24) is 5.32 Å². The Morgan fingerprint density at radius 2 is 1.76 bits per heavy atom. The van der Waals surface area contributed by atoms with Crippen molar-refractivity contribution in [1.29, 1.82) is 0 Å². The normalized spacial score (nSPS) is 21.7. The second-order valence-electron chi connectivity index (χ2n) is 5.41. The van der Waals surface area contributed by atoms with Gasteiger partial charge in [0.1, 0.15) is 13.2 Å². The van der Waals surface area contributed by atoms with E-state index < -0.39 is 12.6 Å². The zero-order valence-corrected chi connectivity index (χ0v) is 12.0. The van der Waals surface area contributed by atoms with Crippen molar-refractivity contribution >= 4 is 11.9 Å². The molecule has 2 N–H and O–H groups in total. The Labute approximate surface area is 124 Å². The van der Waals surface area contributed by atoms with E-state index in [1.54, 1.807) is 0 Å². The van der Waals surface area contributed by atoms with Gasteiger partial charge in [-0.2, -0.15) is 0 Å². The predicted molar refractivity (Wildman–Crippen MR) is 78.0 cm³/mol. The van der Waals surface area contributed by atoms with Crippen LogP contribution in [0.5, 0.6) is 0 Å². The van der Waals surface area contributed by atoms with Crippen LogP contribution in [0.3, 0.4) is 0 Å². The third kappa shape index (κ3) is 5.19. The SMILES string of the molecule is O=C(O)COCC(=O)NC1CCC(c2ccccc2)CC1. The number of hydrogen-bond acceptors (Lipinski definition) is 3. The summed E-state index contributed by atoms with van der Waals surface area (Å²) in [5, 5.41) is 11.3. The van der Waals surface area contributed by atoms with Gasteiger partial charge in [-0.3, -0.25) is 4.79 Å². The van der Waals surface area contributed by atoms with Gasteiger partial charge < -0.3 is 15.2 Å². The van der Waals surface area contributed by atoms with Gasteiger partial charge in [-0.15, -0.1) is 0 Å². The monoisotopic (exact) mass is 291 g/mol. The summed E-state index contributed by atoms with van der Waals surface area (Å²) in [6, 6.07) is 10.6. The van der Waals surface area contributed by atoms with E-state index in [0.717, 1.165) is 25.7 Å². The Balaban J connectivity index is 1.69. The van der Waals surface area contributed by atoms with Crippen molar-refractivity contribution in [3.63, 3.8) is 0 Å². The summed E-state index contributed by atoms with van der Waals surface area (Å²) in [6.07, 6.45) is 4.02. The summed E-state index contributed by atoms with van der Waals surface area (Å²) in [6.45, 7) is -0.626. The van der Waals surface area contributed by atoms with Crippen LogP contribution in [-0.4, -0.2) is 36.2 Å². The van der Waals surface area contributed by atoms with Gasteiger partial charge in [0.25, 0.3) is 0 Å². The summed E-state index contributed by atoms with van der Waals surface area (Å²) in [4.78, 5) is 21.9. The van der Waals surface area contributed by atoms with Crippen LogP contribution in [0.25, 0.3) is 0 Å². The van der Waals surface area contributed by atoms with Crippen LogP contribution in [0, 0.1) is 0 Å². The fourth-order valence-electron chi connectivity index (χ4n) is 2.80. The van der Waals surface area contributed by atoms with Crippen molar-refractivity contribution in [2.75, 3.05) is 13.2 Å². The average molecular weight is 291 g/mol. The van der Waals surface area contributed by atoms with E-state index in [9.17, 15) is 9.59 Å². The van der Waals surface area contributed by atoms with Gasteiger partial charge in [-0.25, -0.2) is 4.79 Å². The van der Waals surface area contributed by atoms with Crippen LogP contribution in [-0.2, 0) is 14.3 Å². The Hall–Kier alpha value is -1.88. The minimum Gasteiger partial charge on any atom is -0.480 e. The van der Waals surface area contributed by atoms with E-state index in [2.05, 4.69) is 29.6 Å². The number of carbonyl (C=O) groups is 2. The van der Waals surface area contributed by atoms with Crippen molar-refractivity contribution in [3.05, 3.63) is 35.9 Å². The maximum Gasteiger partial charge on any atom is 0.329 e. The number of carboxylic acid groups (broad SMARTS) is 1. The molecule has 1 aliphatic carbocycles. The molecule has 0 saturated heterocycles. The van der Waals surface area contributed by atoms with E-state index in [0.29, 0.717) is 5.92 Å². The molecule has 0 spiro atoms. The number of rotatable bonds is 6. The molecule has 1 aromatic rings. The van der Waals surface area contributed by atoms with Crippen LogP contribution >= 0.6 is 0 Å². The van der Waals surface area contributed by atoms with Gasteiger partial charge in [0.2, 0.25) is 5.91 Å². The highest BCUT2D eigenvalue weighted by molar-refractivity contribution is 5.78.